The SMILES string of the molecule is CCc1nc([C@@H]2CCCN(C(=O)Nc3cccc(F)c3)C2)no1. The molecule has 0 spiro atoms. The number of likely N-dealkylation sites (tertiary alicyclic amines) is 1. The lowest BCUT2D eigenvalue weighted by atomic mass is 9.97. The van der Waals surface area contributed by atoms with Crippen molar-refractivity contribution < 1.29 is 13.7 Å². The number of benzene rings is 1. The van der Waals surface area contributed by atoms with E-state index in [1.165, 1.54) is 12.1 Å². The van der Waals surface area contributed by atoms with Gasteiger partial charge in [-0.1, -0.05) is 18.1 Å². The van der Waals surface area contributed by atoms with Crippen molar-refractivity contribution >= 4 is 11.7 Å². The van der Waals surface area contributed by atoms with E-state index in [4.69, 9.17) is 4.52 Å². The number of aromatic nitrogens is 2. The number of aryl methyl sites for hydroxylation is 1. The molecule has 0 bridgehead atoms. The molecule has 3 rings (SSSR count). The number of nitrogens with zero attached hydrogens (tertiary/aromatic N) is 3. The molecule has 2 heterocycles. The molecule has 23 heavy (non-hydrogen) atoms. The highest BCUT2D eigenvalue weighted by Crippen LogP contribution is 2.25. The second-order valence-electron chi connectivity index (χ2n) is 5.63. The molecule has 1 fully saturated rings. The predicted molar refractivity (Wildman–Crippen MR) is 82.6 cm³/mol. The van der Waals surface area contributed by atoms with Gasteiger partial charge in [-0.25, -0.2) is 9.18 Å². The second-order valence-corrected chi connectivity index (χ2v) is 5.63. The Hall–Kier alpha value is -2.44. The fourth-order valence-corrected chi connectivity index (χ4v) is 2.72. The fourth-order valence-electron chi connectivity index (χ4n) is 2.72. The van der Waals surface area contributed by atoms with Crippen LogP contribution in [0.2, 0.25) is 0 Å². The molecular formula is C16H19FN4O2. The Balaban J connectivity index is 1.64. The summed E-state index contributed by atoms with van der Waals surface area (Å²) >= 11 is 0. The molecule has 6 nitrogen and oxygen atoms in total. The van der Waals surface area contributed by atoms with Crippen molar-refractivity contribution in [3.8, 4) is 0 Å². The van der Waals surface area contributed by atoms with E-state index in [0.29, 0.717) is 36.9 Å². The first-order chi connectivity index (χ1) is 11.2. The molecule has 1 aliphatic rings. The molecule has 0 aliphatic carbocycles. The molecule has 1 aromatic heterocycles. The van der Waals surface area contributed by atoms with Crippen molar-refractivity contribution in [1.82, 2.24) is 15.0 Å². The normalized spacial score (nSPS) is 18.0. The molecule has 122 valence electrons. The van der Waals surface area contributed by atoms with Gasteiger partial charge in [0.25, 0.3) is 0 Å². The molecule has 2 aromatic rings. The zero-order valence-electron chi connectivity index (χ0n) is 13.0. The summed E-state index contributed by atoms with van der Waals surface area (Å²) in [5, 5.41) is 6.73. The number of urea groups is 1. The predicted octanol–water partition coefficient (Wildman–Crippen LogP) is 3.18. The first-order valence-electron chi connectivity index (χ1n) is 7.79. The van der Waals surface area contributed by atoms with Gasteiger partial charge in [-0.2, -0.15) is 4.98 Å². The van der Waals surface area contributed by atoms with Crippen molar-refractivity contribution in [1.29, 1.82) is 0 Å². The maximum atomic E-state index is 13.2. The van der Waals surface area contributed by atoms with Gasteiger partial charge in [0.1, 0.15) is 5.82 Å². The highest BCUT2D eigenvalue weighted by Gasteiger charge is 2.28. The third kappa shape index (κ3) is 3.67. The molecule has 0 radical (unpaired) electrons. The van der Waals surface area contributed by atoms with E-state index in [9.17, 15) is 9.18 Å². The number of halogens is 1. The van der Waals surface area contributed by atoms with Crippen LogP contribution in [0.4, 0.5) is 14.9 Å². The van der Waals surface area contributed by atoms with Crippen LogP contribution in [0.1, 0.15) is 37.4 Å². The van der Waals surface area contributed by atoms with Gasteiger partial charge < -0.3 is 14.7 Å². The van der Waals surface area contributed by atoms with Crippen molar-refractivity contribution in [2.24, 2.45) is 0 Å². The highest BCUT2D eigenvalue weighted by molar-refractivity contribution is 5.89. The highest BCUT2D eigenvalue weighted by atomic mass is 19.1. The molecule has 0 saturated carbocycles. The van der Waals surface area contributed by atoms with Crippen molar-refractivity contribution in [2.45, 2.75) is 32.1 Å². The Morgan fingerprint density at radius 3 is 3.13 bits per heavy atom. The van der Waals surface area contributed by atoms with Crippen LogP contribution in [0.25, 0.3) is 0 Å². The summed E-state index contributed by atoms with van der Waals surface area (Å²) in [5.74, 6) is 0.968. The minimum atomic E-state index is -0.377. The zero-order chi connectivity index (χ0) is 16.2. The monoisotopic (exact) mass is 318 g/mol. The van der Waals surface area contributed by atoms with E-state index in [2.05, 4.69) is 15.5 Å². The molecule has 1 atom stereocenters. The van der Waals surface area contributed by atoms with Gasteiger partial charge in [-0.05, 0) is 31.0 Å². The Kier molecular flexibility index (Phi) is 4.55. The number of rotatable bonds is 3. The number of carbonyl (C=O) groups excluding carboxylic acids is 1. The molecular weight excluding hydrogens is 299 g/mol. The molecule has 7 heteroatoms. The van der Waals surface area contributed by atoms with E-state index in [1.807, 2.05) is 6.92 Å². The van der Waals surface area contributed by atoms with E-state index in [0.717, 1.165) is 12.8 Å². The van der Waals surface area contributed by atoms with Crippen LogP contribution in [-0.2, 0) is 6.42 Å². The Morgan fingerprint density at radius 2 is 2.39 bits per heavy atom. The Morgan fingerprint density at radius 1 is 1.52 bits per heavy atom. The smallest absolute Gasteiger partial charge is 0.321 e. The van der Waals surface area contributed by atoms with Gasteiger partial charge in [0.2, 0.25) is 5.89 Å². The third-order valence-electron chi connectivity index (χ3n) is 3.94. The maximum Gasteiger partial charge on any atom is 0.321 e. The second kappa shape index (κ2) is 6.76. The van der Waals surface area contributed by atoms with Gasteiger partial charge in [-0.15, -0.1) is 0 Å². The van der Waals surface area contributed by atoms with Gasteiger partial charge in [0.05, 0.1) is 0 Å². The van der Waals surface area contributed by atoms with Crippen LogP contribution >= 0.6 is 0 Å². The average molecular weight is 318 g/mol. The summed E-state index contributed by atoms with van der Waals surface area (Å²) in [7, 11) is 0. The van der Waals surface area contributed by atoms with Crippen LogP contribution < -0.4 is 5.32 Å². The maximum absolute atomic E-state index is 13.2. The summed E-state index contributed by atoms with van der Waals surface area (Å²) in [5.41, 5.74) is 0.449. The molecule has 1 aromatic carbocycles. The number of nitrogens with one attached hydrogen (secondary N) is 1. The van der Waals surface area contributed by atoms with Crippen molar-refractivity contribution in [3.63, 3.8) is 0 Å². The largest absolute Gasteiger partial charge is 0.339 e. The van der Waals surface area contributed by atoms with Crippen LogP contribution in [-0.4, -0.2) is 34.2 Å². The molecule has 2 amide bonds. The standard InChI is InChI=1S/C16H19FN4O2/c1-2-14-19-15(20-23-14)11-5-4-8-21(10-11)16(22)18-13-7-3-6-12(17)9-13/h3,6-7,9,11H,2,4-5,8,10H2,1H3,(H,18,22)/t11-/m1/s1. The van der Waals surface area contributed by atoms with E-state index >= 15 is 0 Å². The number of hydrogen-bond donors (Lipinski definition) is 1. The van der Waals surface area contributed by atoms with E-state index in [-0.39, 0.29) is 17.8 Å². The molecule has 1 saturated heterocycles. The Bertz CT molecular complexity index is 688. The number of amides is 2. The topological polar surface area (TPSA) is 71.3 Å². The lowest BCUT2D eigenvalue weighted by Gasteiger charge is -2.31. The van der Waals surface area contributed by atoms with Crippen LogP contribution in [0.5, 0.6) is 0 Å². The van der Waals surface area contributed by atoms with Crippen molar-refractivity contribution in [3.05, 3.63) is 41.8 Å². The van der Waals surface area contributed by atoms with E-state index in [1.54, 1.807) is 17.0 Å². The minimum Gasteiger partial charge on any atom is -0.339 e. The number of hydrogen-bond acceptors (Lipinski definition) is 4. The minimum absolute atomic E-state index is 0.0751. The summed E-state index contributed by atoms with van der Waals surface area (Å²) in [6, 6.07) is 5.63. The van der Waals surface area contributed by atoms with Crippen LogP contribution in [0.15, 0.2) is 28.8 Å². The fraction of sp³-hybridized carbons (Fsp3) is 0.438. The summed E-state index contributed by atoms with van der Waals surface area (Å²) in [4.78, 5) is 18.4. The van der Waals surface area contributed by atoms with Gasteiger partial charge >= 0.3 is 6.03 Å². The molecule has 0 unspecified atom stereocenters. The number of anilines is 1. The zero-order valence-corrected chi connectivity index (χ0v) is 13.0. The molecule has 1 aliphatic heterocycles. The van der Waals surface area contributed by atoms with Crippen molar-refractivity contribution in [2.75, 3.05) is 18.4 Å². The lowest BCUT2D eigenvalue weighted by molar-refractivity contribution is 0.190. The van der Waals surface area contributed by atoms with Gasteiger partial charge in [0.15, 0.2) is 5.82 Å². The average Bonchev–Trinajstić information content (AvgIpc) is 3.04. The van der Waals surface area contributed by atoms with Gasteiger partial charge in [0, 0.05) is 31.1 Å². The first-order valence-corrected chi connectivity index (χ1v) is 7.79. The first kappa shape index (κ1) is 15.5. The molecule has 1 N–H and O–H groups in total. The van der Waals surface area contributed by atoms with Crippen LogP contribution in [0.3, 0.4) is 0 Å². The number of piperidine rings is 1. The summed E-state index contributed by atoms with van der Waals surface area (Å²) in [6.07, 6.45) is 2.49. The lowest BCUT2D eigenvalue weighted by Crippen LogP contribution is -2.41. The third-order valence-corrected chi connectivity index (χ3v) is 3.94. The summed E-state index contributed by atoms with van der Waals surface area (Å²) in [6.45, 7) is 3.15. The summed E-state index contributed by atoms with van der Waals surface area (Å²) < 4.78 is 18.3. The van der Waals surface area contributed by atoms with E-state index < -0.39 is 0 Å². The van der Waals surface area contributed by atoms with Gasteiger partial charge in [-0.3, -0.25) is 0 Å². The number of carbonyl (C=O) groups is 1. The quantitative estimate of drug-likeness (QED) is 0.943. The van der Waals surface area contributed by atoms with Crippen LogP contribution in [0, 0.1) is 5.82 Å². The Labute approximate surface area is 133 Å².